The van der Waals surface area contributed by atoms with Crippen molar-refractivity contribution in [1.82, 2.24) is 15.6 Å². The first-order valence-electron chi connectivity index (χ1n) is 7.23. The number of nitrogens with one attached hydrogen (secondary N) is 2. The molecule has 8 heteroatoms. The molecule has 1 aliphatic rings. The van der Waals surface area contributed by atoms with Gasteiger partial charge in [-0.3, -0.25) is 4.79 Å². The van der Waals surface area contributed by atoms with E-state index in [1.807, 2.05) is 18.7 Å². The fourth-order valence-electron chi connectivity index (χ4n) is 2.19. The molecule has 2 heterocycles. The number of amides is 1. The van der Waals surface area contributed by atoms with Gasteiger partial charge in [-0.25, -0.2) is 4.98 Å². The number of carbonyl (C=O) groups is 1. The number of carbonyl (C=O) groups excluding carboxylic acids is 1. The van der Waals surface area contributed by atoms with E-state index in [0.717, 1.165) is 49.6 Å². The zero-order valence-electron chi connectivity index (χ0n) is 12.8. The standard InChI is InChI=1S/C14H23N3OS2.2ClH/c1-11-9-20-14(17-11)4-2-3-5-16-13(18)8-12-10-19-7-6-15-12;;/h9,12,15H,2-8,10H2,1H3,(H,16,18);2*1H. The molecule has 0 aliphatic carbocycles. The van der Waals surface area contributed by atoms with E-state index in [1.165, 1.54) is 5.01 Å². The maximum atomic E-state index is 11.8. The number of hydrogen-bond donors (Lipinski definition) is 2. The topological polar surface area (TPSA) is 54.0 Å². The normalized spacial score (nSPS) is 17.2. The lowest BCUT2D eigenvalue weighted by Gasteiger charge is -2.22. The minimum Gasteiger partial charge on any atom is -0.356 e. The van der Waals surface area contributed by atoms with Crippen LogP contribution in [0.2, 0.25) is 0 Å². The van der Waals surface area contributed by atoms with E-state index in [4.69, 9.17) is 0 Å². The lowest BCUT2D eigenvalue weighted by Crippen LogP contribution is -2.41. The van der Waals surface area contributed by atoms with Crippen LogP contribution in [0.3, 0.4) is 0 Å². The van der Waals surface area contributed by atoms with Crippen LogP contribution in [0.1, 0.15) is 30.0 Å². The second-order valence-corrected chi connectivity index (χ2v) is 7.21. The fraction of sp³-hybridized carbons (Fsp3) is 0.714. The van der Waals surface area contributed by atoms with Crippen molar-refractivity contribution in [3.63, 3.8) is 0 Å². The van der Waals surface area contributed by atoms with Gasteiger partial charge in [-0.2, -0.15) is 11.8 Å². The molecule has 1 amide bonds. The van der Waals surface area contributed by atoms with Crippen molar-refractivity contribution >= 4 is 53.8 Å². The summed E-state index contributed by atoms with van der Waals surface area (Å²) in [6.45, 7) is 3.83. The first-order valence-corrected chi connectivity index (χ1v) is 9.26. The van der Waals surface area contributed by atoms with Crippen LogP contribution in [-0.4, -0.2) is 41.5 Å². The Kier molecular flexibility index (Phi) is 12.4. The smallest absolute Gasteiger partial charge is 0.221 e. The third-order valence-corrected chi connectivity index (χ3v) is 5.39. The van der Waals surface area contributed by atoms with Crippen molar-refractivity contribution < 1.29 is 4.79 Å². The van der Waals surface area contributed by atoms with E-state index >= 15 is 0 Å². The highest BCUT2D eigenvalue weighted by Gasteiger charge is 2.16. The van der Waals surface area contributed by atoms with Gasteiger partial charge in [0.15, 0.2) is 0 Å². The molecule has 1 saturated heterocycles. The Labute approximate surface area is 153 Å². The van der Waals surface area contributed by atoms with Crippen LogP contribution in [0.5, 0.6) is 0 Å². The van der Waals surface area contributed by atoms with Crippen LogP contribution in [0, 0.1) is 6.92 Å². The number of aryl methyl sites for hydroxylation is 2. The van der Waals surface area contributed by atoms with E-state index in [9.17, 15) is 4.79 Å². The van der Waals surface area contributed by atoms with Gasteiger partial charge in [-0.1, -0.05) is 0 Å². The summed E-state index contributed by atoms with van der Waals surface area (Å²) < 4.78 is 0. The van der Waals surface area contributed by atoms with Crippen molar-refractivity contribution in [2.75, 3.05) is 24.6 Å². The van der Waals surface area contributed by atoms with E-state index in [0.29, 0.717) is 12.5 Å². The number of nitrogens with zero attached hydrogens (tertiary/aromatic N) is 1. The number of thiazole rings is 1. The Hall–Kier alpha value is -0.0100. The minimum atomic E-state index is 0. The monoisotopic (exact) mass is 385 g/mol. The molecule has 0 saturated carbocycles. The van der Waals surface area contributed by atoms with Crippen molar-refractivity contribution in [3.8, 4) is 0 Å². The second kappa shape index (κ2) is 12.4. The number of rotatable bonds is 7. The van der Waals surface area contributed by atoms with Gasteiger partial charge in [0.2, 0.25) is 5.91 Å². The molecule has 1 aliphatic heterocycles. The largest absolute Gasteiger partial charge is 0.356 e. The predicted molar refractivity (Wildman–Crippen MR) is 101 cm³/mol. The molecule has 22 heavy (non-hydrogen) atoms. The molecule has 1 aromatic heterocycles. The molecule has 2 rings (SSSR count). The lowest BCUT2D eigenvalue weighted by atomic mass is 10.2. The first kappa shape index (κ1) is 22.0. The van der Waals surface area contributed by atoms with Gasteiger partial charge in [0.05, 0.1) is 5.01 Å². The van der Waals surface area contributed by atoms with Crippen LogP contribution in [-0.2, 0) is 11.2 Å². The number of thioether (sulfide) groups is 1. The molecule has 1 unspecified atom stereocenters. The zero-order chi connectivity index (χ0) is 14.2. The quantitative estimate of drug-likeness (QED) is 0.708. The third-order valence-electron chi connectivity index (χ3n) is 3.24. The van der Waals surface area contributed by atoms with Crippen molar-refractivity contribution in [2.45, 2.75) is 38.6 Å². The summed E-state index contributed by atoms with van der Waals surface area (Å²) in [6.07, 6.45) is 3.75. The predicted octanol–water partition coefficient (Wildman–Crippen LogP) is 2.83. The van der Waals surface area contributed by atoms with E-state index < -0.39 is 0 Å². The summed E-state index contributed by atoms with van der Waals surface area (Å²) in [5.74, 6) is 2.39. The molecule has 1 fully saturated rings. The maximum Gasteiger partial charge on any atom is 0.221 e. The SMILES string of the molecule is Cc1csc(CCCCNC(=O)CC2CSCCN2)n1.Cl.Cl. The average molecular weight is 386 g/mol. The van der Waals surface area contributed by atoms with Crippen LogP contribution in [0.15, 0.2) is 5.38 Å². The number of aromatic nitrogens is 1. The lowest BCUT2D eigenvalue weighted by molar-refractivity contribution is -0.121. The molecule has 2 N–H and O–H groups in total. The molecule has 0 radical (unpaired) electrons. The van der Waals surface area contributed by atoms with Gasteiger partial charge < -0.3 is 10.6 Å². The highest BCUT2D eigenvalue weighted by Crippen LogP contribution is 2.12. The summed E-state index contributed by atoms with van der Waals surface area (Å²) in [5.41, 5.74) is 1.11. The molecule has 4 nitrogen and oxygen atoms in total. The Bertz CT molecular complexity index is 426. The highest BCUT2D eigenvalue weighted by molar-refractivity contribution is 7.99. The van der Waals surface area contributed by atoms with Gasteiger partial charge in [0.25, 0.3) is 0 Å². The Morgan fingerprint density at radius 1 is 1.45 bits per heavy atom. The van der Waals surface area contributed by atoms with E-state index in [-0.39, 0.29) is 30.7 Å². The van der Waals surface area contributed by atoms with Gasteiger partial charge in [0, 0.05) is 48.1 Å². The van der Waals surface area contributed by atoms with Gasteiger partial charge in [-0.05, 0) is 26.2 Å². The molecule has 0 bridgehead atoms. The summed E-state index contributed by atoms with van der Waals surface area (Å²) in [4.78, 5) is 16.2. The molecular weight excluding hydrogens is 361 g/mol. The highest BCUT2D eigenvalue weighted by atomic mass is 35.5. The Morgan fingerprint density at radius 2 is 2.27 bits per heavy atom. The van der Waals surface area contributed by atoms with Gasteiger partial charge >= 0.3 is 0 Å². The van der Waals surface area contributed by atoms with Gasteiger partial charge in [-0.15, -0.1) is 36.2 Å². The van der Waals surface area contributed by atoms with Gasteiger partial charge in [0.1, 0.15) is 0 Å². The first-order chi connectivity index (χ1) is 9.74. The Balaban J connectivity index is 0.00000220. The number of halogens is 2. The summed E-state index contributed by atoms with van der Waals surface area (Å²) >= 11 is 3.66. The number of hydrogen-bond acceptors (Lipinski definition) is 5. The summed E-state index contributed by atoms with van der Waals surface area (Å²) in [6, 6.07) is 0.354. The molecule has 128 valence electrons. The third kappa shape index (κ3) is 8.58. The average Bonchev–Trinajstić information content (AvgIpc) is 2.85. The van der Waals surface area contributed by atoms with Crippen LogP contribution < -0.4 is 10.6 Å². The molecule has 1 atom stereocenters. The molecular formula is C14H25Cl2N3OS2. The van der Waals surface area contributed by atoms with Crippen LogP contribution in [0.25, 0.3) is 0 Å². The van der Waals surface area contributed by atoms with E-state index in [2.05, 4.69) is 21.0 Å². The molecule has 0 spiro atoms. The Morgan fingerprint density at radius 3 is 2.91 bits per heavy atom. The molecule has 1 aromatic rings. The molecule has 0 aromatic carbocycles. The minimum absolute atomic E-state index is 0. The van der Waals surface area contributed by atoms with E-state index in [1.54, 1.807) is 11.3 Å². The van der Waals surface area contributed by atoms with Crippen molar-refractivity contribution in [1.29, 1.82) is 0 Å². The van der Waals surface area contributed by atoms with Crippen molar-refractivity contribution in [2.24, 2.45) is 0 Å². The number of unbranched alkanes of at least 4 members (excludes halogenated alkanes) is 1. The zero-order valence-corrected chi connectivity index (χ0v) is 16.1. The van der Waals surface area contributed by atoms with Crippen LogP contribution in [0.4, 0.5) is 0 Å². The fourth-order valence-corrected chi connectivity index (χ4v) is 3.96. The van der Waals surface area contributed by atoms with Crippen LogP contribution >= 0.6 is 47.9 Å². The second-order valence-electron chi connectivity index (χ2n) is 5.12. The maximum absolute atomic E-state index is 11.8. The summed E-state index contributed by atoms with van der Waals surface area (Å²) in [5, 5.41) is 9.70. The van der Waals surface area contributed by atoms with Crippen molar-refractivity contribution in [3.05, 3.63) is 16.1 Å². The summed E-state index contributed by atoms with van der Waals surface area (Å²) in [7, 11) is 0.